The minimum absolute atomic E-state index is 0.520. The summed E-state index contributed by atoms with van der Waals surface area (Å²) in [7, 11) is 0. The summed E-state index contributed by atoms with van der Waals surface area (Å²) in [6, 6.07) is 5.27. The number of alkyl halides is 3. The fourth-order valence-corrected chi connectivity index (χ4v) is 1.75. The van der Waals surface area contributed by atoms with Crippen LogP contribution in [0.3, 0.4) is 0 Å². The number of hydrogen-bond acceptors (Lipinski definition) is 2. The second-order valence-corrected chi connectivity index (χ2v) is 4.60. The van der Waals surface area contributed by atoms with Gasteiger partial charge < -0.3 is 5.32 Å². The van der Waals surface area contributed by atoms with E-state index in [9.17, 15) is 13.2 Å². The first-order chi connectivity index (χ1) is 7.54. The maximum Gasteiger partial charge on any atom is 0.416 e. The lowest BCUT2D eigenvalue weighted by Crippen LogP contribution is -2.08. The predicted molar refractivity (Wildman–Crippen MR) is 62.9 cm³/mol. The van der Waals surface area contributed by atoms with Crippen molar-refractivity contribution in [3.8, 4) is 0 Å². The number of halogens is 3. The minimum atomic E-state index is -4.27. The zero-order chi connectivity index (χ0) is 12.0. The van der Waals surface area contributed by atoms with E-state index in [1.165, 1.54) is 6.07 Å². The van der Waals surface area contributed by atoms with E-state index in [0.717, 1.165) is 23.6 Å². The molecule has 1 aromatic carbocycles. The molecule has 0 heterocycles. The van der Waals surface area contributed by atoms with Crippen molar-refractivity contribution in [1.29, 1.82) is 0 Å². The normalized spacial score (nSPS) is 11.5. The molecule has 0 aliphatic carbocycles. The van der Waals surface area contributed by atoms with Crippen molar-refractivity contribution in [1.82, 2.24) is 0 Å². The molecule has 1 aromatic rings. The van der Waals surface area contributed by atoms with Gasteiger partial charge in [-0.3, -0.25) is 0 Å². The van der Waals surface area contributed by atoms with Gasteiger partial charge in [-0.25, -0.2) is 0 Å². The molecule has 0 saturated carbocycles. The van der Waals surface area contributed by atoms with Gasteiger partial charge in [0.2, 0.25) is 0 Å². The van der Waals surface area contributed by atoms with Crippen LogP contribution in [0, 0.1) is 0 Å². The molecule has 0 bridgehead atoms. The molecule has 0 atom stereocenters. The molecule has 0 saturated heterocycles. The molecule has 0 radical (unpaired) electrons. The first-order valence-electron chi connectivity index (χ1n) is 5.03. The Bertz CT molecular complexity index is 325. The maximum absolute atomic E-state index is 12.4. The average molecular weight is 249 g/mol. The summed E-state index contributed by atoms with van der Waals surface area (Å²) in [5, 5.41) is 2.97. The van der Waals surface area contributed by atoms with Crippen LogP contribution in [0.25, 0.3) is 0 Å². The highest BCUT2D eigenvalue weighted by molar-refractivity contribution is 7.99. The molecule has 1 rings (SSSR count). The Balaban J connectivity index is 2.54. The van der Waals surface area contributed by atoms with Crippen LogP contribution in [0.2, 0.25) is 0 Å². The van der Waals surface area contributed by atoms with E-state index in [2.05, 4.69) is 12.2 Å². The van der Waals surface area contributed by atoms with Crippen LogP contribution < -0.4 is 5.32 Å². The molecule has 0 aromatic heterocycles. The van der Waals surface area contributed by atoms with E-state index in [4.69, 9.17) is 0 Å². The molecule has 0 aliphatic heterocycles. The van der Waals surface area contributed by atoms with Crippen molar-refractivity contribution in [3.63, 3.8) is 0 Å². The highest BCUT2D eigenvalue weighted by Crippen LogP contribution is 2.30. The summed E-state index contributed by atoms with van der Waals surface area (Å²) in [6.07, 6.45) is -4.27. The standard InChI is InChI=1S/C11H14F3NS/c1-2-16-7-6-15-10-5-3-4-9(8-10)11(12,13)14/h3-5,8,15H,2,6-7H2,1H3. The largest absolute Gasteiger partial charge is 0.416 e. The number of thioether (sulfide) groups is 1. The Morgan fingerprint density at radius 3 is 2.69 bits per heavy atom. The van der Waals surface area contributed by atoms with Gasteiger partial charge in [-0.15, -0.1) is 0 Å². The van der Waals surface area contributed by atoms with Gasteiger partial charge in [-0.1, -0.05) is 13.0 Å². The maximum atomic E-state index is 12.4. The number of rotatable bonds is 5. The van der Waals surface area contributed by atoms with E-state index in [-0.39, 0.29) is 0 Å². The lowest BCUT2D eigenvalue weighted by molar-refractivity contribution is -0.137. The zero-order valence-corrected chi connectivity index (χ0v) is 9.79. The monoisotopic (exact) mass is 249 g/mol. The second-order valence-electron chi connectivity index (χ2n) is 3.20. The van der Waals surface area contributed by atoms with Crippen LogP contribution in [-0.4, -0.2) is 18.1 Å². The van der Waals surface area contributed by atoms with Gasteiger partial charge in [0.1, 0.15) is 0 Å². The Hall–Kier alpha value is -0.840. The molecule has 0 fully saturated rings. The summed E-state index contributed by atoms with van der Waals surface area (Å²) in [5.74, 6) is 1.91. The molecule has 5 heteroatoms. The van der Waals surface area contributed by atoms with E-state index in [1.807, 2.05) is 0 Å². The van der Waals surface area contributed by atoms with E-state index in [1.54, 1.807) is 17.8 Å². The highest BCUT2D eigenvalue weighted by Gasteiger charge is 2.30. The summed E-state index contributed by atoms with van der Waals surface area (Å²) in [4.78, 5) is 0. The summed E-state index contributed by atoms with van der Waals surface area (Å²) < 4.78 is 37.1. The van der Waals surface area contributed by atoms with E-state index < -0.39 is 11.7 Å². The Morgan fingerprint density at radius 2 is 2.06 bits per heavy atom. The zero-order valence-electron chi connectivity index (χ0n) is 8.97. The molecule has 0 aliphatic rings. The molecule has 0 unspecified atom stereocenters. The average Bonchev–Trinajstić information content (AvgIpc) is 2.24. The van der Waals surface area contributed by atoms with Gasteiger partial charge in [-0.05, 0) is 24.0 Å². The van der Waals surface area contributed by atoms with Gasteiger partial charge in [0.25, 0.3) is 0 Å². The third-order valence-corrected chi connectivity index (χ3v) is 2.87. The topological polar surface area (TPSA) is 12.0 Å². The first kappa shape index (κ1) is 13.2. The summed E-state index contributed by atoms with van der Waals surface area (Å²) in [5.41, 5.74) is -0.0906. The van der Waals surface area contributed by atoms with Crippen LogP contribution in [0.15, 0.2) is 24.3 Å². The van der Waals surface area contributed by atoms with Crippen LogP contribution in [0.1, 0.15) is 12.5 Å². The van der Waals surface area contributed by atoms with Crippen molar-refractivity contribution >= 4 is 17.4 Å². The first-order valence-corrected chi connectivity index (χ1v) is 6.18. The predicted octanol–water partition coefficient (Wildman–Crippen LogP) is 3.87. The van der Waals surface area contributed by atoms with Crippen molar-refractivity contribution < 1.29 is 13.2 Å². The number of nitrogens with one attached hydrogen (secondary N) is 1. The van der Waals surface area contributed by atoms with Gasteiger partial charge in [0, 0.05) is 18.0 Å². The van der Waals surface area contributed by atoms with Crippen molar-refractivity contribution in [2.45, 2.75) is 13.1 Å². The summed E-state index contributed by atoms with van der Waals surface area (Å²) in [6.45, 7) is 2.73. The third kappa shape index (κ3) is 4.35. The van der Waals surface area contributed by atoms with E-state index >= 15 is 0 Å². The van der Waals surface area contributed by atoms with Crippen LogP contribution in [0.5, 0.6) is 0 Å². The SMILES string of the molecule is CCSCCNc1cccc(C(F)(F)F)c1. The number of benzene rings is 1. The third-order valence-electron chi connectivity index (χ3n) is 1.97. The highest BCUT2D eigenvalue weighted by atomic mass is 32.2. The number of hydrogen-bond donors (Lipinski definition) is 1. The Morgan fingerprint density at radius 1 is 1.31 bits per heavy atom. The van der Waals surface area contributed by atoms with Crippen molar-refractivity contribution in [2.24, 2.45) is 0 Å². The van der Waals surface area contributed by atoms with Crippen LogP contribution in [-0.2, 0) is 6.18 Å². The molecular formula is C11H14F3NS. The fourth-order valence-electron chi connectivity index (χ4n) is 1.22. The van der Waals surface area contributed by atoms with Crippen molar-refractivity contribution in [3.05, 3.63) is 29.8 Å². The fraction of sp³-hybridized carbons (Fsp3) is 0.455. The van der Waals surface area contributed by atoms with Crippen LogP contribution >= 0.6 is 11.8 Å². The lowest BCUT2D eigenvalue weighted by atomic mass is 10.2. The smallest absolute Gasteiger partial charge is 0.384 e. The molecule has 16 heavy (non-hydrogen) atoms. The quantitative estimate of drug-likeness (QED) is 0.795. The van der Waals surface area contributed by atoms with Gasteiger partial charge in [0.15, 0.2) is 0 Å². The minimum Gasteiger partial charge on any atom is -0.384 e. The second kappa shape index (κ2) is 6.03. The molecule has 0 amide bonds. The van der Waals surface area contributed by atoms with E-state index in [0.29, 0.717) is 12.2 Å². The lowest BCUT2D eigenvalue weighted by Gasteiger charge is -2.10. The summed E-state index contributed by atoms with van der Waals surface area (Å²) >= 11 is 1.75. The van der Waals surface area contributed by atoms with Gasteiger partial charge in [-0.2, -0.15) is 24.9 Å². The Labute approximate surface area is 97.4 Å². The molecule has 0 spiro atoms. The molecular weight excluding hydrogens is 235 g/mol. The van der Waals surface area contributed by atoms with Crippen molar-refractivity contribution in [2.75, 3.05) is 23.4 Å². The number of anilines is 1. The Kier molecular flexibility index (Phi) is 4.99. The molecule has 90 valence electrons. The van der Waals surface area contributed by atoms with Gasteiger partial charge >= 0.3 is 6.18 Å². The molecule has 1 N–H and O–H groups in total. The van der Waals surface area contributed by atoms with Gasteiger partial charge in [0.05, 0.1) is 5.56 Å². The molecule has 1 nitrogen and oxygen atoms in total. The van der Waals surface area contributed by atoms with Crippen LogP contribution in [0.4, 0.5) is 18.9 Å².